The van der Waals surface area contributed by atoms with Crippen molar-refractivity contribution in [2.75, 3.05) is 7.05 Å². The van der Waals surface area contributed by atoms with Crippen LogP contribution in [0.4, 0.5) is 0 Å². The van der Waals surface area contributed by atoms with Gasteiger partial charge in [0.2, 0.25) is 0 Å². The molecule has 0 radical (unpaired) electrons. The van der Waals surface area contributed by atoms with Crippen molar-refractivity contribution in [3.63, 3.8) is 0 Å². The number of nitrogens with one attached hydrogen (secondary N) is 1. The monoisotopic (exact) mass is 183 g/mol. The second-order valence-corrected chi connectivity index (χ2v) is 4.91. The van der Waals surface area contributed by atoms with Crippen LogP contribution in [-0.4, -0.2) is 13.1 Å². The van der Waals surface area contributed by atoms with Crippen LogP contribution < -0.4 is 5.32 Å². The SMILES string of the molecule is CNC(CCC(C)C)C1CCCC1. The lowest BCUT2D eigenvalue weighted by molar-refractivity contribution is 0.337. The molecule has 1 fully saturated rings. The molecule has 1 nitrogen and oxygen atoms in total. The third kappa shape index (κ3) is 3.68. The first-order valence-electron chi connectivity index (χ1n) is 5.91. The molecular weight excluding hydrogens is 158 g/mol. The summed E-state index contributed by atoms with van der Waals surface area (Å²) in [6.45, 7) is 4.64. The molecular formula is C12H25N. The van der Waals surface area contributed by atoms with E-state index in [9.17, 15) is 0 Å². The summed E-state index contributed by atoms with van der Waals surface area (Å²) in [6, 6.07) is 0.796. The fraction of sp³-hybridized carbons (Fsp3) is 1.00. The lowest BCUT2D eigenvalue weighted by Gasteiger charge is -2.23. The van der Waals surface area contributed by atoms with Crippen molar-refractivity contribution in [1.29, 1.82) is 0 Å². The highest BCUT2D eigenvalue weighted by Crippen LogP contribution is 2.29. The zero-order chi connectivity index (χ0) is 9.68. The highest BCUT2D eigenvalue weighted by Gasteiger charge is 2.23. The van der Waals surface area contributed by atoms with Crippen molar-refractivity contribution < 1.29 is 0 Å². The second-order valence-electron chi connectivity index (χ2n) is 4.91. The molecule has 1 N–H and O–H groups in total. The van der Waals surface area contributed by atoms with E-state index in [1.165, 1.54) is 38.5 Å². The Balaban J connectivity index is 2.24. The van der Waals surface area contributed by atoms with E-state index in [-0.39, 0.29) is 0 Å². The van der Waals surface area contributed by atoms with E-state index in [1.807, 2.05) is 0 Å². The van der Waals surface area contributed by atoms with Crippen molar-refractivity contribution in [2.45, 2.75) is 58.4 Å². The summed E-state index contributed by atoms with van der Waals surface area (Å²) < 4.78 is 0. The molecule has 0 heterocycles. The maximum atomic E-state index is 3.50. The number of hydrogen-bond acceptors (Lipinski definition) is 1. The Bertz CT molecular complexity index is 125. The molecule has 1 aliphatic carbocycles. The molecule has 0 amide bonds. The van der Waals surface area contributed by atoms with Gasteiger partial charge in [0.25, 0.3) is 0 Å². The average Bonchev–Trinajstić information content (AvgIpc) is 2.58. The van der Waals surface area contributed by atoms with Gasteiger partial charge >= 0.3 is 0 Å². The Morgan fingerprint density at radius 1 is 1.15 bits per heavy atom. The molecule has 0 spiro atoms. The number of hydrogen-bond donors (Lipinski definition) is 1. The Kier molecular flexibility index (Phi) is 4.79. The molecule has 1 saturated carbocycles. The average molecular weight is 183 g/mol. The van der Waals surface area contributed by atoms with Crippen LogP contribution in [0.3, 0.4) is 0 Å². The maximum absolute atomic E-state index is 3.50. The zero-order valence-corrected chi connectivity index (χ0v) is 9.47. The van der Waals surface area contributed by atoms with Crippen LogP contribution in [0.15, 0.2) is 0 Å². The van der Waals surface area contributed by atoms with Gasteiger partial charge in [-0.15, -0.1) is 0 Å². The van der Waals surface area contributed by atoms with Gasteiger partial charge in [0, 0.05) is 6.04 Å². The molecule has 1 rings (SSSR count). The van der Waals surface area contributed by atoms with Crippen molar-refractivity contribution in [3.05, 3.63) is 0 Å². The third-order valence-corrected chi connectivity index (χ3v) is 3.39. The summed E-state index contributed by atoms with van der Waals surface area (Å²) in [5.74, 6) is 1.83. The minimum atomic E-state index is 0.796. The Labute approximate surface area is 83.3 Å². The van der Waals surface area contributed by atoms with Gasteiger partial charge in [0.05, 0.1) is 0 Å². The van der Waals surface area contributed by atoms with Gasteiger partial charge in [-0.05, 0) is 44.6 Å². The summed E-state index contributed by atoms with van der Waals surface area (Å²) >= 11 is 0. The normalized spacial score (nSPS) is 21.2. The third-order valence-electron chi connectivity index (χ3n) is 3.39. The predicted molar refractivity (Wildman–Crippen MR) is 58.9 cm³/mol. The highest BCUT2D eigenvalue weighted by atomic mass is 14.9. The van der Waals surface area contributed by atoms with Gasteiger partial charge in [-0.3, -0.25) is 0 Å². The predicted octanol–water partition coefficient (Wildman–Crippen LogP) is 3.20. The van der Waals surface area contributed by atoms with Crippen molar-refractivity contribution in [1.82, 2.24) is 5.32 Å². The molecule has 13 heavy (non-hydrogen) atoms. The first-order chi connectivity index (χ1) is 6.24. The van der Waals surface area contributed by atoms with Crippen LogP contribution >= 0.6 is 0 Å². The topological polar surface area (TPSA) is 12.0 Å². The lowest BCUT2D eigenvalue weighted by atomic mass is 9.92. The largest absolute Gasteiger partial charge is 0.317 e. The fourth-order valence-corrected chi connectivity index (χ4v) is 2.49. The second kappa shape index (κ2) is 5.64. The molecule has 0 aromatic rings. The summed E-state index contributed by atoms with van der Waals surface area (Å²) in [5, 5.41) is 3.50. The minimum Gasteiger partial charge on any atom is -0.317 e. The molecule has 0 bridgehead atoms. The lowest BCUT2D eigenvalue weighted by Crippen LogP contribution is -2.32. The molecule has 0 aliphatic heterocycles. The molecule has 0 aromatic carbocycles. The molecule has 1 atom stereocenters. The van der Waals surface area contributed by atoms with Crippen LogP contribution in [0.1, 0.15) is 52.4 Å². The number of rotatable bonds is 5. The van der Waals surface area contributed by atoms with Crippen LogP contribution in [-0.2, 0) is 0 Å². The van der Waals surface area contributed by atoms with Crippen LogP contribution in [0.2, 0.25) is 0 Å². The quantitative estimate of drug-likeness (QED) is 0.690. The smallest absolute Gasteiger partial charge is 0.00924 e. The Morgan fingerprint density at radius 2 is 1.77 bits per heavy atom. The summed E-state index contributed by atoms with van der Waals surface area (Å²) in [5.41, 5.74) is 0. The van der Waals surface area contributed by atoms with Gasteiger partial charge in [-0.25, -0.2) is 0 Å². The van der Waals surface area contributed by atoms with Crippen molar-refractivity contribution >= 4 is 0 Å². The van der Waals surface area contributed by atoms with Crippen molar-refractivity contribution in [3.8, 4) is 0 Å². The molecule has 78 valence electrons. The molecule has 0 aromatic heterocycles. The van der Waals surface area contributed by atoms with Gasteiger partial charge in [-0.1, -0.05) is 26.7 Å². The van der Waals surface area contributed by atoms with E-state index in [0.717, 1.165) is 17.9 Å². The first-order valence-corrected chi connectivity index (χ1v) is 5.91. The van der Waals surface area contributed by atoms with Crippen LogP contribution in [0, 0.1) is 11.8 Å². The first kappa shape index (κ1) is 11.0. The summed E-state index contributed by atoms with van der Waals surface area (Å²) in [7, 11) is 2.13. The summed E-state index contributed by atoms with van der Waals surface area (Å²) in [6.07, 6.45) is 8.60. The zero-order valence-electron chi connectivity index (χ0n) is 9.47. The molecule has 1 heteroatoms. The van der Waals surface area contributed by atoms with E-state index in [4.69, 9.17) is 0 Å². The van der Waals surface area contributed by atoms with Gasteiger partial charge in [-0.2, -0.15) is 0 Å². The maximum Gasteiger partial charge on any atom is 0.00924 e. The van der Waals surface area contributed by atoms with E-state index >= 15 is 0 Å². The Morgan fingerprint density at radius 3 is 2.23 bits per heavy atom. The standard InChI is InChI=1S/C12H25N/c1-10(2)8-9-12(13-3)11-6-4-5-7-11/h10-13H,4-9H2,1-3H3. The van der Waals surface area contributed by atoms with E-state index < -0.39 is 0 Å². The summed E-state index contributed by atoms with van der Waals surface area (Å²) in [4.78, 5) is 0. The van der Waals surface area contributed by atoms with Crippen molar-refractivity contribution in [2.24, 2.45) is 11.8 Å². The van der Waals surface area contributed by atoms with E-state index in [0.29, 0.717) is 0 Å². The minimum absolute atomic E-state index is 0.796. The van der Waals surface area contributed by atoms with E-state index in [2.05, 4.69) is 26.2 Å². The fourth-order valence-electron chi connectivity index (χ4n) is 2.49. The van der Waals surface area contributed by atoms with E-state index in [1.54, 1.807) is 0 Å². The van der Waals surface area contributed by atoms with Crippen LogP contribution in [0.25, 0.3) is 0 Å². The van der Waals surface area contributed by atoms with Gasteiger partial charge < -0.3 is 5.32 Å². The molecule has 0 saturated heterocycles. The van der Waals surface area contributed by atoms with Gasteiger partial charge in [0.15, 0.2) is 0 Å². The van der Waals surface area contributed by atoms with Crippen LogP contribution in [0.5, 0.6) is 0 Å². The molecule has 1 unspecified atom stereocenters. The Hall–Kier alpha value is -0.0400. The highest BCUT2D eigenvalue weighted by molar-refractivity contribution is 4.79. The van der Waals surface area contributed by atoms with Gasteiger partial charge in [0.1, 0.15) is 0 Å². The molecule has 1 aliphatic rings.